The van der Waals surface area contributed by atoms with Crippen LogP contribution in [-0.4, -0.2) is 38.4 Å². The number of hydrogen-bond donors (Lipinski definition) is 2. The highest BCUT2D eigenvalue weighted by atomic mass is 16.5. The average molecular weight is 383 g/mol. The first-order valence-corrected chi connectivity index (χ1v) is 8.29. The van der Waals surface area contributed by atoms with Crippen molar-refractivity contribution < 1.29 is 23.8 Å². The van der Waals surface area contributed by atoms with Gasteiger partial charge in [-0.1, -0.05) is 24.8 Å². The number of methoxy groups -OCH3 is 1. The molecule has 8 nitrogen and oxygen atoms in total. The molecule has 0 aliphatic carbocycles. The first kappa shape index (κ1) is 20.5. The molecule has 0 radical (unpaired) electrons. The van der Waals surface area contributed by atoms with Crippen LogP contribution in [0.1, 0.15) is 15.9 Å². The number of nitrogens with one attached hydrogen (secondary N) is 1. The van der Waals surface area contributed by atoms with Crippen LogP contribution in [0, 0.1) is 0 Å². The summed E-state index contributed by atoms with van der Waals surface area (Å²) in [5, 5.41) is 3.92. The largest absolute Gasteiger partial charge is 0.493 e. The van der Waals surface area contributed by atoms with Gasteiger partial charge in [0, 0.05) is 5.56 Å². The Morgan fingerprint density at radius 1 is 1.18 bits per heavy atom. The summed E-state index contributed by atoms with van der Waals surface area (Å²) in [5.41, 5.74) is 8.51. The molecule has 146 valence electrons. The van der Waals surface area contributed by atoms with Crippen molar-refractivity contribution in [1.82, 2.24) is 5.43 Å². The first-order valence-electron chi connectivity index (χ1n) is 8.29. The molecule has 0 aromatic heterocycles. The predicted molar refractivity (Wildman–Crippen MR) is 105 cm³/mol. The van der Waals surface area contributed by atoms with Gasteiger partial charge in [-0.15, -0.1) is 0 Å². The average Bonchev–Trinajstić information content (AvgIpc) is 2.70. The summed E-state index contributed by atoms with van der Waals surface area (Å²) in [5.74, 6) is 0.426. The quantitative estimate of drug-likeness (QED) is 0.370. The SMILES string of the molecule is C=CCOc1ccc(C(=O)N/N=C/c2cccc(OCC(N)=O)c2)cc1OC. The molecule has 0 unspecified atom stereocenters. The van der Waals surface area contributed by atoms with Crippen molar-refractivity contribution in [3.63, 3.8) is 0 Å². The van der Waals surface area contributed by atoms with Crippen molar-refractivity contribution in [2.24, 2.45) is 10.8 Å². The monoisotopic (exact) mass is 383 g/mol. The van der Waals surface area contributed by atoms with E-state index >= 15 is 0 Å². The molecule has 2 aromatic carbocycles. The number of carbonyl (C=O) groups excluding carboxylic acids is 2. The number of nitrogens with zero attached hydrogens (tertiary/aromatic N) is 1. The number of primary amides is 1. The van der Waals surface area contributed by atoms with Crippen molar-refractivity contribution in [2.75, 3.05) is 20.3 Å². The lowest BCUT2D eigenvalue weighted by Crippen LogP contribution is -2.20. The van der Waals surface area contributed by atoms with E-state index in [1.165, 1.54) is 13.3 Å². The molecular weight excluding hydrogens is 362 g/mol. The van der Waals surface area contributed by atoms with Crippen LogP contribution in [0.25, 0.3) is 0 Å². The Bertz CT molecular complexity index is 880. The topological polar surface area (TPSA) is 112 Å². The number of ether oxygens (including phenoxy) is 3. The molecule has 0 bridgehead atoms. The molecule has 28 heavy (non-hydrogen) atoms. The van der Waals surface area contributed by atoms with Crippen LogP contribution in [0.15, 0.2) is 60.2 Å². The number of hydrogen-bond acceptors (Lipinski definition) is 6. The third kappa shape index (κ3) is 6.17. The molecule has 3 N–H and O–H groups in total. The maximum atomic E-state index is 12.3. The molecule has 2 rings (SSSR count). The third-order valence-electron chi connectivity index (χ3n) is 3.40. The Balaban J connectivity index is 2.00. The van der Waals surface area contributed by atoms with E-state index in [-0.39, 0.29) is 6.61 Å². The van der Waals surface area contributed by atoms with Crippen LogP contribution < -0.4 is 25.4 Å². The summed E-state index contributed by atoms with van der Waals surface area (Å²) < 4.78 is 15.9. The van der Waals surface area contributed by atoms with Gasteiger partial charge in [-0.2, -0.15) is 5.10 Å². The van der Waals surface area contributed by atoms with E-state index in [4.69, 9.17) is 19.9 Å². The number of nitrogens with two attached hydrogens (primary N) is 1. The van der Waals surface area contributed by atoms with E-state index in [1.54, 1.807) is 48.5 Å². The highest BCUT2D eigenvalue weighted by Crippen LogP contribution is 2.28. The van der Waals surface area contributed by atoms with Crippen LogP contribution in [0.2, 0.25) is 0 Å². The summed E-state index contributed by atoms with van der Waals surface area (Å²) in [6.45, 7) is 3.70. The summed E-state index contributed by atoms with van der Waals surface area (Å²) in [7, 11) is 1.49. The number of carbonyl (C=O) groups is 2. The van der Waals surface area contributed by atoms with Gasteiger partial charge in [0.15, 0.2) is 18.1 Å². The summed E-state index contributed by atoms with van der Waals surface area (Å²) >= 11 is 0. The van der Waals surface area contributed by atoms with Crippen LogP contribution in [0.3, 0.4) is 0 Å². The predicted octanol–water partition coefficient (Wildman–Crippen LogP) is 1.89. The van der Waals surface area contributed by atoms with Gasteiger partial charge in [0.05, 0.1) is 13.3 Å². The van der Waals surface area contributed by atoms with E-state index in [0.717, 1.165) is 0 Å². The van der Waals surface area contributed by atoms with Gasteiger partial charge in [-0.3, -0.25) is 9.59 Å². The van der Waals surface area contributed by atoms with Crippen LogP contribution in [0.4, 0.5) is 0 Å². The Kier molecular flexibility index (Phi) is 7.59. The van der Waals surface area contributed by atoms with Gasteiger partial charge in [-0.25, -0.2) is 5.43 Å². The van der Waals surface area contributed by atoms with Crippen molar-refractivity contribution in [3.05, 3.63) is 66.2 Å². The van der Waals surface area contributed by atoms with E-state index in [9.17, 15) is 9.59 Å². The molecule has 8 heteroatoms. The van der Waals surface area contributed by atoms with Gasteiger partial charge < -0.3 is 19.9 Å². The van der Waals surface area contributed by atoms with E-state index in [1.807, 2.05) is 0 Å². The number of benzene rings is 2. The lowest BCUT2D eigenvalue weighted by atomic mass is 10.2. The zero-order chi connectivity index (χ0) is 20.4. The molecular formula is C20H21N3O5. The smallest absolute Gasteiger partial charge is 0.271 e. The van der Waals surface area contributed by atoms with Crippen LogP contribution in [0.5, 0.6) is 17.2 Å². The zero-order valence-corrected chi connectivity index (χ0v) is 15.4. The highest BCUT2D eigenvalue weighted by Gasteiger charge is 2.10. The van der Waals surface area contributed by atoms with E-state index in [0.29, 0.717) is 35.0 Å². The fourth-order valence-corrected chi connectivity index (χ4v) is 2.15. The molecule has 0 heterocycles. The minimum absolute atomic E-state index is 0.217. The lowest BCUT2D eigenvalue weighted by molar-refractivity contribution is -0.119. The highest BCUT2D eigenvalue weighted by molar-refractivity contribution is 5.95. The molecule has 0 saturated heterocycles. The van der Waals surface area contributed by atoms with Gasteiger partial charge in [0.2, 0.25) is 0 Å². The van der Waals surface area contributed by atoms with Crippen LogP contribution in [-0.2, 0) is 4.79 Å². The van der Waals surface area contributed by atoms with Gasteiger partial charge in [0.1, 0.15) is 12.4 Å². The van der Waals surface area contributed by atoms with Gasteiger partial charge >= 0.3 is 0 Å². The van der Waals surface area contributed by atoms with Gasteiger partial charge in [0.25, 0.3) is 11.8 Å². The summed E-state index contributed by atoms with van der Waals surface area (Å²) in [6.07, 6.45) is 3.07. The minimum Gasteiger partial charge on any atom is -0.493 e. The second-order valence-electron chi connectivity index (χ2n) is 5.49. The molecule has 0 aliphatic rings. The number of rotatable bonds is 10. The second kappa shape index (κ2) is 10.4. The molecule has 0 fully saturated rings. The summed E-state index contributed by atoms with van der Waals surface area (Å²) in [6, 6.07) is 11.6. The number of hydrazone groups is 1. The first-order chi connectivity index (χ1) is 13.5. The Morgan fingerprint density at radius 3 is 2.71 bits per heavy atom. The van der Waals surface area contributed by atoms with Crippen molar-refractivity contribution in [1.29, 1.82) is 0 Å². The Morgan fingerprint density at radius 2 is 2.00 bits per heavy atom. The Labute approximate surface area is 162 Å². The molecule has 2 amide bonds. The fraction of sp³-hybridized carbons (Fsp3) is 0.150. The molecule has 0 spiro atoms. The lowest BCUT2D eigenvalue weighted by Gasteiger charge is -2.10. The standard InChI is InChI=1S/C20H21N3O5/c1-3-9-27-17-8-7-15(11-18(17)26-2)20(25)23-22-12-14-5-4-6-16(10-14)28-13-19(21)24/h3-8,10-12H,1,9,13H2,2H3,(H2,21,24)(H,23,25)/b22-12+. The van der Waals surface area contributed by atoms with E-state index in [2.05, 4.69) is 17.1 Å². The molecule has 2 aromatic rings. The maximum absolute atomic E-state index is 12.3. The van der Waals surface area contributed by atoms with Crippen LogP contribution >= 0.6 is 0 Å². The maximum Gasteiger partial charge on any atom is 0.271 e. The van der Waals surface area contributed by atoms with Gasteiger partial charge in [-0.05, 0) is 35.9 Å². The molecule has 0 atom stereocenters. The Hall–Kier alpha value is -3.81. The summed E-state index contributed by atoms with van der Waals surface area (Å²) in [4.78, 5) is 23.0. The second-order valence-corrected chi connectivity index (χ2v) is 5.49. The third-order valence-corrected chi connectivity index (χ3v) is 3.40. The zero-order valence-electron chi connectivity index (χ0n) is 15.4. The van der Waals surface area contributed by atoms with Crippen molar-refractivity contribution >= 4 is 18.0 Å². The van der Waals surface area contributed by atoms with Crippen molar-refractivity contribution in [2.45, 2.75) is 0 Å². The van der Waals surface area contributed by atoms with E-state index < -0.39 is 11.8 Å². The molecule has 0 saturated carbocycles. The van der Waals surface area contributed by atoms with Crippen molar-refractivity contribution in [3.8, 4) is 17.2 Å². The molecule has 0 aliphatic heterocycles. The number of amides is 2. The normalized spacial score (nSPS) is 10.3. The minimum atomic E-state index is -0.567. The fourth-order valence-electron chi connectivity index (χ4n) is 2.15.